The molecule has 0 N–H and O–H groups in total. The van der Waals surface area contributed by atoms with Gasteiger partial charge in [-0.15, -0.1) is 0 Å². The molecule has 1 saturated heterocycles. The van der Waals surface area contributed by atoms with E-state index in [0.717, 1.165) is 43.5 Å². The summed E-state index contributed by atoms with van der Waals surface area (Å²) in [7, 11) is 1.73. The van der Waals surface area contributed by atoms with Crippen LogP contribution in [-0.4, -0.2) is 38.2 Å². The average Bonchev–Trinajstić information content (AvgIpc) is 2.61. The van der Waals surface area contributed by atoms with E-state index in [4.69, 9.17) is 16.3 Å². The van der Waals surface area contributed by atoms with Crippen molar-refractivity contribution in [2.75, 3.05) is 38.2 Å². The van der Waals surface area contributed by atoms with Gasteiger partial charge in [0.2, 0.25) is 0 Å². The maximum atomic E-state index is 5.98. The highest BCUT2D eigenvalue weighted by atomic mass is 35.5. The van der Waals surface area contributed by atoms with Gasteiger partial charge in [-0.05, 0) is 60.9 Å². The summed E-state index contributed by atoms with van der Waals surface area (Å²) >= 11 is 5.98. The monoisotopic (exact) mass is 344 g/mol. The molecule has 1 fully saturated rings. The molecule has 0 bridgehead atoms. The van der Waals surface area contributed by atoms with Crippen LogP contribution in [0.2, 0.25) is 5.02 Å². The van der Waals surface area contributed by atoms with Gasteiger partial charge in [-0.2, -0.15) is 0 Å². The molecule has 1 aliphatic heterocycles. The van der Waals surface area contributed by atoms with Crippen LogP contribution in [0.3, 0.4) is 0 Å². The van der Waals surface area contributed by atoms with Crippen molar-refractivity contribution in [3.05, 3.63) is 58.1 Å². The zero-order valence-electron chi connectivity index (χ0n) is 14.7. The molecule has 24 heavy (non-hydrogen) atoms. The van der Waals surface area contributed by atoms with E-state index in [9.17, 15) is 0 Å². The normalized spacial score (nSPS) is 15.6. The summed E-state index contributed by atoms with van der Waals surface area (Å²) in [5.74, 6) is 0.976. The molecule has 1 aliphatic rings. The van der Waals surface area contributed by atoms with Gasteiger partial charge >= 0.3 is 0 Å². The van der Waals surface area contributed by atoms with Crippen LogP contribution in [-0.2, 0) is 6.54 Å². The summed E-state index contributed by atoms with van der Waals surface area (Å²) < 4.78 is 5.41. The maximum absolute atomic E-state index is 5.98. The Hall–Kier alpha value is -1.71. The van der Waals surface area contributed by atoms with E-state index < -0.39 is 0 Å². The van der Waals surface area contributed by atoms with Crippen molar-refractivity contribution in [3.63, 3.8) is 0 Å². The van der Waals surface area contributed by atoms with Gasteiger partial charge in [0.05, 0.1) is 7.11 Å². The Labute approximate surface area is 149 Å². The van der Waals surface area contributed by atoms with Gasteiger partial charge in [0.15, 0.2) is 0 Å². The second kappa shape index (κ2) is 7.45. The summed E-state index contributed by atoms with van der Waals surface area (Å²) in [4.78, 5) is 4.96. The molecular formula is C20H25ClN2O. The molecule has 0 atom stereocenters. The zero-order chi connectivity index (χ0) is 17.1. The number of ether oxygens (including phenoxy) is 1. The van der Waals surface area contributed by atoms with Crippen LogP contribution in [0.4, 0.5) is 5.69 Å². The highest BCUT2D eigenvalue weighted by Crippen LogP contribution is 2.25. The quantitative estimate of drug-likeness (QED) is 0.823. The van der Waals surface area contributed by atoms with Crippen molar-refractivity contribution in [1.82, 2.24) is 4.90 Å². The van der Waals surface area contributed by atoms with Gasteiger partial charge in [-0.25, -0.2) is 0 Å². The molecule has 0 radical (unpaired) electrons. The molecule has 3 rings (SSSR count). The van der Waals surface area contributed by atoms with E-state index in [1.165, 1.54) is 22.4 Å². The molecule has 3 nitrogen and oxygen atoms in total. The molecule has 4 heteroatoms. The predicted octanol–water partition coefficient (Wildman–Crippen LogP) is 4.29. The molecule has 0 spiro atoms. The smallest absolute Gasteiger partial charge is 0.122 e. The van der Waals surface area contributed by atoms with Crippen LogP contribution in [0.5, 0.6) is 5.75 Å². The van der Waals surface area contributed by atoms with Crippen molar-refractivity contribution in [1.29, 1.82) is 0 Å². The van der Waals surface area contributed by atoms with E-state index in [2.05, 4.69) is 47.9 Å². The Morgan fingerprint density at radius 2 is 1.58 bits per heavy atom. The van der Waals surface area contributed by atoms with Crippen LogP contribution >= 0.6 is 11.6 Å². The molecule has 0 unspecified atom stereocenters. The van der Waals surface area contributed by atoms with Crippen molar-refractivity contribution in [2.24, 2.45) is 0 Å². The third-order valence-electron chi connectivity index (χ3n) is 5.03. The van der Waals surface area contributed by atoms with Gasteiger partial charge in [0, 0.05) is 43.4 Å². The first-order chi connectivity index (χ1) is 11.6. The fourth-order valence-electron chi connectivity index (χ4n) is 3.30. The van der Waals surface area contributed by atoms with Crippen LogP contribution < -0.4 is 9.64 Å². The van der Waals surface area contributed by atoms with Crippen LogP contribution in [0.15, 0.2) is 36.4 Å². The minimum atomic E-state index is 0.794. The lowest BCUT2D eigenvalue weighted by molar-refractivity contribution is 0.249. The SMILES string of the molecule is COc1ccc(CN2CCN(c3ccc(Cl)cc3)CC2)c(C)c1C. The summed E-state index contributed by atoms with van der Waals surface area (Å²) in [5.41, 5.74) is 5.24. The van der Waals surface area contributed by atoms with Crippen LogP contribution in [0.25, 0.3) is 0 Å². The minimum absolute atomic E-state index is 0.794. The number of hydrogen-bond donors (Lipinski definition) is 0. The molecule has 0 amide bonds. The van der Waals surface area contributed by atoms with Gasteiger partial charge in [0.25, 0.3) is 0 Å². The highest BCUT2D eigenvalue weighted by Gasteiger charge is 2.18. The van der Waals surface area contributed by atoms with Crippen molar-refractivity contribution >= 4 is 17.3 Å². The minimum Gasteiger partial charge on any atom is -0.496 e. The van der Waals surface area contributed by atoms with Gasteiger partial charge in [-0.1, -0.05) is 17.7 Å². The topological polar surface area (TPSA) is 15.7 Å². The first-order valence-corrected chi connectivity index (χ1v) is 8.82. The molecule has 0 aliphatic carbocycles. The number of halogens is 1. The number of anilines is 1. The Morgan fingerprint density at radius 1 is 0.917 bits per heavy atom. The van der Waals surface area contributed by atoms with E-state index in [1.54, 1.807) is 7.11 Å². The van der Waals surface area contributed by atoms with Crippen molar-refractivity contribution in [2.45, 2.75) is 20.4 Å². The number of methoxy groups -OCH3 is 1. The van der Waals surface area contributed by atoms with E-state index >= 15 is 0 Å². The molecule has 2 aromatic rings. The van der Waals surface area contributed by atoms with Crippen LogP contribution in [0, 0.1) is 13.8 Å². The summed E-state index contributed by atoms with van der Waals surface area (Å²) in [6, 6.07) is 12.4. The van der Waals surface area contributed by atoms with Gasteiger partial charge in [0.1, 0.15) is 5.75 Å². The molecule has 1 heterocycles. The van der Waals surface area contributed by atoms with Gasteiger partial charge in [-0.3, -0.25) is 4.90 Å². The Kier molecular flexibility index (Phi) is 5.32. The number of rotatable bonds is 4. The number of hydrogen-bond acceptors (Lipinski definition) is 3. The van der Waals surface area contributed by atoms with E-state index in [1.807, 2.05) is 12.1 Å². The zero-order valence-corrected chi connectivity index (χ0v) is 15.4. The largest absolute Gasteiger partial charge is 0.496 e. The lowest BCUT2D eigenvalue weighted by atomic mass is 10.0. The predicted molar refractivity (Wildman–Crippen MR) is 101 cm³/mol. The Bertz CT molecular complexity index is 692. The Morgan fingerprint density at radius 3 is 2.21 bits per heavy atom. The van der Waals surface area contributed by atoms with Gasteiger partial charge < -0.3 is 9.64 Å². The second-order valence-corrected chi connectivity index (χ2v) is 6.85. The molecular weight excluding hydrogens is 320 g/mol. The number of piperazine rings is 1. The number of benzene rings is 2. The summed E-state index contributed by atoms with van der Waals surface area (Å²) in [5, 5.41) is 0.794. The number of nitrogens with zero attached hydrogens (tertiary/aromatic N) is 2. The average molecular weight is 345 g/mol. The molecule has 128 valence electrons. The fourth-order valence-corrected chi connectivity index (χ4v) is 3.43. The summed E-state index contributed by atoms with van der Waals surface area (Å²) in [6.07, 6.45) is 0. The maximum Gasteiger partial charge on any atom is 0.122 e. The summed E-state index contributed by atoms with van der Waals surface area (Å²) in [6.45, 7) is 9.59. The van der Waals surface area contributed by atoms with Crippen molar-refractivity contribution in [3.8, 4) is 5.75 Å². The second-order valence-electron chi connectivity index (χ2n) is 6.42. The first-order valence-electron chi connectivity index (χ1n) is 8.44. The standard InChI is InChI=1S/C20H25ClN2O/c1-15-16(2)20(24-3)9-4-17(15)14-22-10-12-23(13-11-22)19-7-5-18(21)6-8-19/h4-9H,10-14H2,1-3H3. The lowest BCUT2D eigenvalue weighted by Crippen LogP contribution is -2.46. The first kappa shape index (κ1) is 17.1. The fraction of sp³-hybridized carbons (Fsp3) is 0.400. The van der Waals surface area contributed by atoms with Crippen LogP contribution in [0.1, 0.15) is 16.7 Å². The molecule has 0 saturated carbocycles. The highest BCUT2D eigenvalue weighted by molar-refractivity contribution is 6.30. The lowest BCUT2D eigenvalue weighted by Gasteiger charge is -2.36. The third-order valence-corrected chi connectivity index (χ3v) is 5.28. The van der Waals surface area contributed by atoms with E-state index in [0.29, 0.717) is 0 Å². The van der Waals surface area contributed by atoms with E-state index in [-0.39, 0.29) is 0 Å². The molecule has 2 aromatic carbocycles. The third kappa shape index (κ3) is 3.68. The molecule has 0 aromatic heterocycles. The Balaban J connectivity index is 1.61. The van der Waals surface area contributed by atoms with Crippen molar-refractivity contribution < 1.29 is 4.74 Å².